The molecule has 12 heteroatoms. The van der Waals surface area contributed by atoms with Crippen molar-refractivity contribution in [2.75, 3.05) is 57.9 Å². The van der Waals surface area contributed by atoms with Crippen LogP contribution in [0.2, 0.25) is 0 Å². The standard InChI is InChI=1S/C31H25N3O3.C28H25N3O3/c1-36-26-17-25-29(31(37-2)28(26)23-13-7-4-8-14-23)30(24-15-9-12-22(16-24)18-32)33-19-27(35)34(25)20-21-10-5-3-6-11-21;1-33-23-14-22-26(28(34-2)25(23)20-8-4-3-5-9-20)27(21-10-6-7-19(13-21)15-29)30-16-24(32)31(22)17-18-11-12-18/h3-17H,19-20H2,1-2H3;3-10,13-14,18H,11-12,16-17H2,1-2H3. The predicted molar refractivity (Wildman–Crippen MR) is 276 cm³/mol. The summed E-state index contributed by atoms with van der Waals surface area (Å²) < 4.78 is 23.8. The lowest BCUT2D eigenvalue weighted by molar-refractivity contribution is -0.118. The van der Waals surface area contributed by atoms with Crippen LogP contribution in [0.25, 0.3) is 22.3 Å². The van der Waals surface area contributed by atoms with E-state index in [4.69, 9.17) is 28.9 Å². The third-order valence-corrected chi connectivity index (χ3v) is 12.7. The molecular formula is C59H50N6O6. The topological polar surface area (TPSA) is 150 Å². The number of hydrogen-bond donors (Lipinski definition) is 0. The Bertz CT molecular complexity index is 3280. The van der Waals surface area contributed by atoms with Gasteiger partial charge in [-0.15, -0.1) is 0 Å². The molecule has 1 aliphatic carbocycles. The van der Waals surface area contributed by atoms with Gasteiger partial charge in [-0.1, -0.05) is 115 Å². The number of ether oxygens (including phenoxy) is 4. The van der Waals surface area contributed by atoms with Gasteiger partial charge in [0, 0.05) is 29.8 Å². The second-order valence-corrected chi connectivity index (χ2v) is 17.1. The molecule has 0 radical (unpaired) electrons. The Labute approximate surface area is 413 Å². The molecule has 7 aromatic rings. The number of nitrogens with zero attached hydrogens (tertiary/aromatic N) is 6. The van der Waals surface area contributed by atoms with E-state index in [-0.39, 0.29) is 24.9 Å². The third-order valence-electron chi connectivity index (χ3n) is 12.7. The molecule has 10 rings (SSSR count). The van der Waals surface area contributed by atoms with Crippen LogP contribution < -0.4 is 28.7 Å². The highest BCUT2D eigenvalue weighted by atomic mass is 16.5. The van der Waals surface area contributed by atoms with Crippen molar-refractivity contribution in [2.45, 2.75) is 19.4 Å². The highest BCUT2D eigenvalue weighted by Gasteiger charge is 2.36. The Hall–Kier alpha value is -9.00. The Morgan fingerprint density at radius 1 is 0.507 bits per heavy atom. The van der Waals surface area contributed by atoms with Crippen LogP contribution in [-0.4, -0.2) is 71.3 Å². The van der Waals surface area contributed by atoms with Crippen molar-refractivity contribution in [1.29, 1.82) is 10.5 Å². The fraction of sp³-hybridized carbons (Fsp3) is 0.186. The molecule has 2 amide bonds. The molecule has 0 saturated heterocycles. The molecule has 0 bridgehead atoms. The van der Waals surface area contributed by atoms with Crippen LogP contribution >= 0.6 is 0 Å². The van der Waals surface area contributed by atoms with Crippen LogP contribution in [-0.2, 0) is 16.1 Å². The number of fused-ring (bicyclic) bond motifs is 2. The Morgan fingerprint density at radius 3 is 1.35 bits per heavy atom. The van der Waals surface area contributed by atoms with Gasteiger partial charge in [-0.3, -0.25) is 19.6 Å². The molecule has 7 aromatic carbocycles. The third kappa shape index (κ3) is 9.69. The molecule has 0 atom stereocenters. The predicted octanol–water partition coefficient (Wildman–Crippen LogP) is 10.5. The second kappa shape index (κ2) is 21.1. The number of nitriles is 2. The quantitative estimate of drug-likeness (QED) is 0.118. The van der Waals surface area contributed by atoms with Crippen molar-refractivity contribution in [3.8, 4) is 57.4 Å². The zero-order valence-electron chi connectivity index (χ0n) is 39.9. The van der Waals surface area contributed by atoms with Gasteiger partial charge in [0.15, 0.2) is 0 Å². The molecule has 0 unspecified atom stereocenters. The first kappa shape index (κ1) is 47.1. The van der Waals surface area contributed by atoms with Crippen LogP contribution in [0.4, 0.5) is 11.4 Å². The molecular weight excluding hydrogens is 889 g/mol. The van der Waals surface area contributed by atoms with E-state index < -0.39 is 0 Å². The number of rotatable bonds is 12. The van der Waals surface area contributed by atoms with E-state index in [1.54, 1.807) is 57.6 Å². The van der Waals surface area contributed by atoms with E-state index in [1.165, 1.54) is 0 Å². The van der Waals surface area contributed by atoms with Crippen LogP contribution in [0.3, 0.4) is 0 Å². The Balaban J connectivity index is 0.000000176. The summed E-state index contributed by atoms with van der Waals surface area (Å²) in [6, 6.07) is 52.3. The van der Waals surface area contributed by atoms with Gasteiger partial charge in [-0.25, -0.2) is 0 Å². The van der Waals surface area contributed by atoms with Crippen molar-refractivity contribution in [1.82, 2.24) is 0 Å². The summed E-state index contributed by atoms with van der Waals surface area (Å²) in [6.45, 7) is 0.994. The minimum absolute atomic E-state index is 0.0274. The first-order valence-corrected chi connectivity index (χ1v) is 23.2. The summed E-state index contributed by atoms with van der Waals surface area (Å²) in [7, 11) is 6.48. The van der Waals surface area contributed by atoms with Gasteiger partial charge < -0.3 is 28.7 Å². The van der Waals surface area contributed by atoms with Crippen LogP contribution in [0, 0.1) is 28.6 Å². The average Bonchev–Trinajstić information content (AvgIpc) is 4.28. The molecule has 12 nitrogen and oxygen atoms in total. The highest BCUT2D eigenvalue weighted by Crippen LogP contribution is 2.49. The molecule has 1 fully saturated rings. The molecule has 1 saturated carbocycles. The summed E-state index contributed by atoms with van der Waals surface area (Å²) in [5.74, 6) is 2.64. The fourth-order valence-corrected chi connectivity index (χ4v) is 9.15. The van der Waals surface area contributed by atoms with Gasteiger partial charge >= 0.3 is 0 Å². The highest BCUT2D eigenvalue weighted by molar-refractivity contribution is 6.23. The molecule has 0 aromatic heterocycles. The second-order valence-electron chi connectivity index (χ2n) is 17.1. The van der Waals surface area contributed by atoms with E-state index >= 15 is 0 Å². The zero-order valence-corrected chi connectivity index (χ0v) is 39.9. The number of amides is 2. The largest absolute Gasteiger partial charge is 0.496 e. The minimum Gasteiger partial charge on any atom is -0.496 e. The van der Waals surface area contributed by atoms with Crippen molar-refractivity contribution in [3.05, 3.63) is 191 Å². The van der Waals surface area contributed by atoms with Crippen LogP contribution in [0.15, 0.2) is 162 Å². The molecule has 0 spiro atoms. The summed E-state index contributed by atoms with van der Waals surface area (Å²) in [5, 5.41) is 19.0. The van der Waals surface area contributed by atoms with E-state index in [2.05, 4.69) is 12.1 Å². The van der Waals surface area contributed by atoms with E-state index in [0.29, 0.717) is 75.8 Å². The van der Waals surface area contributed by atoms with Crippen molar-refractivity contribution in [3.63, 3.8) is 0 Å². The van der Waals surface area contributed by atoms with Crippen molar-refractivity contribution < 1.29 is 28.5 Å². The van der Waals surface area contributed by atoms with Crippen LogP contribution in [0.1, 0.15) is 51.8 Å². The first-order valence-electron chi connectivity index (χ1n) is 23.2. The van der Waals surface area contributed by atoms with E-state index in [0.717, 1.165) is 63.0 Å². The van der Waals surface area contributed by atoms with Crippen molar-refractivity contribution >= 4 is 34.6 Å². The molecule has 2 aliphatic heterocycles. The monoisotopic (exact) mass is 938 g/mol. The number of benzodiazepines with no additional fused rings is 2. The lowest BCUT2D eigenvalue weighted by Crippen LogP contribution is -2.34. The molecule has 71 heavy (non-hydrogen) atoms. The summed E-state index contributed by atoms with van der Waals surface area (Å²) in [5.41, 5.74) is 11.0. The fourth-order valence-electron chi connectivity index (χ4n) is 9.15. The lowest BCUT2D eigenvalue weighted by atomic mass is 9.92. The van der Waals surface area contributed by atoms with Crippen molar-refractivity contribution in [2.24, 2.45) is 15.9 Å². The summed E-state index contributed by atoms with van der Waals surface area (Å²) in [6.07, 6.45) is 2.24. The molecule has 3 aliphatic rings. The van der Waals surface area contributed by atoms with Gasteiger partial charge in [0.2, 0.25) is 11.8 Å². The summed E-state index contributed by atoms with van der Waals surface area (Å²) in [4.78, 5) is 39.9. The van der Waals surface area contributed by atoms with Gasteiger partial charge in [-0.2, -0.15) is 10.5 Å². The maximum absolute atomic E-state index is 13.5. The number of methoxy groups -OCH3 is 4. The SMILES string of the molecule is COc1cc2c(c(OC)c1-c1ccccc1)C(c1cccc(C#N)c1)=NCC(=O)N2CC1CC1.COc1cc2c(c(OC)c1-c1ccccc1)C(c1cccc(C#N)c1)=NCC(=O)N2Cc1ccccc1. The minimum atomic E-state index is -0.145. The average molecular weight is 939 g/mol. The van der Waals surface area contributed by atoms with Gasteiger partial charge in [-0.05, 0) is 59.7 Å². The molecule has 352 valence electrons. The normalized spacial score (nSPS) is 13.9. The Kier molecular flexibility index (Phi) is 14.0. The maximum Gasteiger partial charge on any atom is 0.248 e. The maximum atomic E-state index is 13.5. The number of hydrogen-bond acceptors (Lipinski definition) is 10. The molecule has 0 N–H and O–H groups in total. The first-order chi connectivity index (χ1) is 34.8. The van der Waals surface area contributed by atoms with E-state index in [9.17, 15) is 20.1 Å². The van der Waals surface area contributed by atoms with Gasteiger partial charge in [0.25, 0.3) is 0 Å². The summed E-state index contributed by atoms with van der Waals surface area (Å²) >= 11 is 0. The van der Waals surface area contributed by atoms with Gasteiger partial charge in [0.1, 0.15) is 36.1 Å². The zero-order chi connectivity index (χ0) is 49.4. The number of aliphatic imine (C=N–C) groups is 2. The van der Waals surface area contributed by atoms with Crippen LogP contribution in [0.5, 0.6) is 23.0 Å². The number of carbonyl (C=O) groups excluding carboxylic acids is 2. The number of anilines is 2. The lowest BCUT2D eigenvalue weighted by Gasteiger charge is -2.27. The number of benzene rings is 7. The van der Waals surface area contributed by atoms with E-state index in [1.807, 2.05) is 132 Å². The molecule has 2 heterocycles. The van der Waals surface area contributed by atoms with Gasteiger partial charge in [0.05, 0.1) is 103 Å². The Morgan fingerprint density at radius 2 is 0.930 bits per heavy atom. The smallest absolute Gasteiger partial charge is 0.248 e. The number of carbonyl (C=O) groups is 2.